The van der Waals surface area contributed by atoms with Crippen LogP contribution in [0.1, 0.15) is 2.85 Å². The molecule has 2 N–H and O–H groups in total. The van der Waals surface area contributed by atoms with Crippen molar-refractivity contribution in [3.63, 3.8) is 0 Å². The van der Waals surface area contributed by atoms with Crippen LogP contribution in [0, 0.1) is 0 Å². The van der Waals surface area contributed by atoms with Crippen LogP contribution in [0.3, 0.4) is 0 Å². The van der Waals surface area contributed by atoms with Gasteiger partial charge in [0.1, 0.15) is 0 Å². The van der Waals surface area contributed by atoms with E-state index in [-0.39, 0.29) is 89.5 Å². The van der Waals surface area contributed by atoms with Crippen molar-refractivity contribution in [2.45, 2.75) is 0 Å². The summed E-state index contributed by atoms with van der Waals surface area (Å²) in [5.41, 5.74) is 0. The van der Waals surface area contributed by atoms with Crippen LogP contribution in [-0.2, 0) is 0 Å². The van der Waals surface area contributed by atoms with Gasteiger partial charge in [0.2, 0.25) is 0 Å². The smallest absolute Gasteiger partial charge is 1.00 e. The Kier molecular flexibility index (Phi) is 186. The zero-order chi connectivity index (χ0) is 4.00. The van der Waals surface area contributed by atoms with Crippen molar-refractivity contribution in [2.75, 3.05) is 0 Å². The Hall–Kier alpha value is 2.67. The third kappa shape index (κ3) is 30.1. The van der Waals surface area contributed by atoms with E-state index in [0.29, 0.717) is 0 Å². The first-order valence-corrected chi connectivity index (χ1v) is 0.365. The summed E-state index contributed by atoms with van der Waals surface area (Å²) in [6.45, 7) is 0. The topological polar surface area (TPSA) is 86.6 Å². The quantitative estimate of drug-likeness (QED) is 0.272. The molecule has 0 aromatic carbocycles. The normalized spacial score (nSPS) is 2.00. The fourth-order valence-electron chi connectivity index (χ4n) is 0. The second kappa shape index (κ2) is 47.8. The van der Waals surface area contributed by atoms with E-state index in [0.717, 1.165) is 0 Å². The summed E-state index contributed by atoms with van der Waals surface area (Å²) in [6.07, 6.45) is 0. The van der Waals surface area contributed by atoms with Crippen LogP contribution in [0.4, 0.5) is 0 Å². The molecule has 0 radical (unpaired) electrons. The number of hydrogen-bond acceptors (Lipinski definition) is 4. The van der Waals surface area contributed by atoms with Gasteiger partial charge < -0.3 is 23.9 Å². The van der Waals surface area contributed by atoms with Crippen molar-refractivity contribution < 1.29 is 23.9 Å². The van der Waals surface area contributed by atoms with Crippen LogP contribution in [-0.4, -0.2) is 97.1 Å². The maximum atomic E-state index is 7.25. The van der Waals surface area contributed by atoms with Gasteiger partial charge in [0, 0.05) is 0 Å². The van der Waals surface area contributed by atoms with Gasteiger partial charge in [-0.25, -0.2) is 0 Å². The molecule has 6 heavy (non-hydrogen) atoms. The molecule has 0 aliphatic rings. The Morgan fingerprint density at radius 3 is 1.00 bits per heavy atom. The van der Waals surface area contributed by atoms with Crippen molar-refractivity contribution in [3.8, 4) is 0 Å². The Morgan fingerprint density at radius 1 is 1.00 bits per heavy atom. The standard InChI is InChI=1S/Ba.Ca.2H2O2.2H/c;;2*1-2;;/h;;2*1-2H;;/q2*+2;;;2*-1/p-2. The molecule has 0 aliphatic heterocycles. The third-order valence-electron chi connectivity index (χ3n) is 0. The zero-order valence-corrected chi connectivity index (χ0v) is 9.77. The largest absolute Gasteiger partial charge is 2.00 e. The van der Waals surface area contributed by atoms with Gasteiger partial charge >= 0.3 is 86.6 Å². The van der Waals surface area contributed by atoms with E-state index in [4.69, 9.17) is 21.0 Å². The van der Waals surface area contributed by atoms with Crippen LogP contribution < -0.4 is 10.5 Å². The van der Waals surface area contributed by atoms with Gasteiger partial charge in [0.15, 0.2) is 0 Å². The van der Waals surface area contributed by atoms with Crippen molar-refractivity contribution >= 4 is 86.6 Å². The minimum absolute atomic E-state index is 0. The maximum Gasteiger partial charge on any atom is 2.00 e. The molecule has 0 heterocycles. The molecule has 32 valence electrons. The predicted molar refractivity (Wildman–Crippen MR) is 19.0 cm³/mol. The molecule has 0 fully saturated rings. The Bertz CT molecular complexity index is 14.0. The van der Waals surface area contributed by atoms with Gasteiger partial charge in [-0.05, 0) is 0 Å². The van der Waals surface area contributed by atoms with Crippen molar-refractivity contribution in [2.24, 2.45) is 0 Å². The van der Waals surface area contributed by atoms with Crippen molar-refractivity contribution in [1.29, 1.82) is 0 Å². The molecule has 0 aliphatic carbocycles. The Labute approximate surface area is 108 Å². The minimum atomic E-state index is 0. The van der Waals surface area contributed by atoms with Gasteiger partial charge in [0.25, 0.3) is 0 Å². The summed E-state index contributed by atoms with van der Waals surface area (Å²) < 4.78 is 0. The summed E-state index contributed by atoms with van der Waals surface area (Å²) in [7, 11) is 0. The van der Waals surface area contributed by atoms with E-state index >= 15 is 0 Å². The van der Waals surface area contributed by atoms with E-state index in [1.54, 1.807) is 0 Å². The monoisotopic (exact) mass is 246 g/mol. The first kappa shape index (κ1) is 23.4. The Balaban J connectivity index is -0.00000000167. The molecule has 0 aromatic rings. The molecular formula is H4BaCaO4. The first-order chi connectivity index (χ1) is 2.00. The molecule has 0 rings (SSSR count). The summed E-state index contributed by atoms with van der Waals surface area (Å²) in [4.78, 5) is 0. The van der Waals surface area contributed by atoms with Crippen molar-refractivity contribution in [3.05, 3.63) is 0 Å². The number of rotatable bonds is 0. The SMILES string of the molecule is [Ba+2].[Ca+2].[H-].[H-].[O-]O.[O-]O. The minimum Gasteiger partial charge on any atom is -1.00 e. The van der Waals surface area contributed by atoms with Gasteiger partial charge in [-0.2, -0.15) is 0 Å². The van der Waals surface area contributed by atoms with Crippen LogP contribution in [0.2, 0.25) is 0 Å². The van der Waals surface area contributed by atoms with E-state index in [1.807, 2.05) is 0 Å². The summed E-state index contributed by atoms with van der Waals surface area (Å²) in [5, 5.41) is 26.0. The molecule has 0 bridgehead atoms. The van der Waals surface area contributed by atoms with E-state index < -0.39 is 0 Å². The van der Waals surface area contributed by atoms with Gasteiger partial charge in [-0.3, -0.25) is 0 Å². The third-order valence-corrected chi connectivity index (χ3v) is 0. The molecule has 0 atom stereocenters. The molecule has 0 spiro atoms. The average molecular weight is 245 g/mol. The second-order valence-corrected chi connectivity index (χ2v) is 0. The van der Waals surface area contributed by atoms with Crippen LogP contribution in [0.5, 0.6) is 0 Å². The van der Waals surface area contributed by atoms with E-state index in [9.17, 15) is 0 Å². The zero-order valence-electron chi connectivity index (χ0n) is 5.13. The van der Waals surface area contributed by atoms with Crippen LogP contribution in [0.25, 0.3) is 0 Å². The van der Waals surface area contributed by atoms with Gasteiger partial charge in [0.05, 0.1) is 0 Å². The van der Waals surface area contributed by atoms with E-state index in [1.165, 1.54) is 0 Å². The fourth-order valence-corrected chi connectivity index (χ4v) is 0. The molecule has 6 heteroatoms. The number of hydrogen-bond donors (Lipinski definition) is 2. The van der Waals surface area contributed by atoms with Crippen molar-refractivity contribution in [1.82, 2.24) is 0 Å². The molecule has 0 aromatic heterocycles. The maximum absolute atomic E-state index is 7.25. The molecule has 0 saturated carbocycles. The van der Waals surface area contributed by atoms with Gasteiger partial charge in [-0.1, -0.05) is 0 Å². The first-order valence-electron chi connectivity index (χ1n) is 0.365. The summed E-state index contributed by atoms with van der Waals surface area (Å²) >= 11 is 0. The fraction of sp³-hybridized carbons (Fsp3) is 0. The van der Waals surface area contributed by atoms with Crippen LogP contribution >= 0.6 is 0 Å². The summed E-state index contributed by atoms with van der Waals surface area (Å²) in [6, 6.07) is 0. The predicted octanol–water partition coefficient (Wildman–Crippen LogP) is -2.90. The Morgan fingerprint density at radius 2 is 1.00 bits per heavy atom. The molecular weight excluding hydrogens is 241 g/mol. The van der Waals surface area contributed by atoms with E-state index in [2.05, 4.69) is 0 Å². The second-order valence-electron chi connectivity index (χ2n) is 0. The molecule has 4 nitrogen and oxygen atoms in total. The molecule has 0 unspecified atom stereocenters. The van der Waals surface area contributed by atoms with Crippen LogP contribution in [0.15, 0.2) is 0 Å². The molecule has 0 amide bonds. The summed E-state index contributed by atoms with van der Waals surface area (Å²) in [5.74, 6) is 0. The average Bonchev–Trinajstić information content (AvgIpc) is 1.50. The molecule has 0 saturated heterocycles. The van der Waals surface area contributed by atoms with Gasteiger partial charge in [-0.15, -0.1) is 0 Å².